The van der Waals surface area contributed by atoms with Crippen molar-refractivity contribution in [2.24, 2.45) is 7.05 Å². The summed E-state index contributed by atoms with van der Waals surface area (Å²) in [6.45, 7) is 3.89. The predicted molar refractivity (Wildman–Crippen MR) is 67.1 cm³/mol. The number of anilines is 1. The SMILES string of the molecule is CCc1nc(-c2ccc(F)cc2C)c(N)n1C. The van der Waals surface area contributed by atoms with Gasteiger partial charge in [-0.15, -0.1) is 0 Å². The normalized spacial score (nSPS) is 10.8. The highest BCUT2D eigenvalue weighted by molar-refractivity contribution is 5.73. The average molecular weight is 233 g/mol. The molecule has 0 amide bonds. The average Bonchev–Trinajstić information content (AvgIpc) is 2.57. The molecule has 2 N–H and O–H groups in total. The first-order chi connectivity index (χ1) is 8.04. The zero-order valence-corrected chi connectivity index (χ0v) is 10.3. The summed E-state index contributed by atoms with van der Waals surface area (Å²) in [6.07, 6.45) is 0.820. The topological polar surface area (TPSA) is 43.8 Å². The van der Waals surface area contributed by atoms with Gasteiger partial charge in [-0.05, 0) is 30.7 Å². The van der Waals surface area contributed by atoms with Crippen molar-refractivity contribution in [3.05, 3.63) is 35.4 Å². The van der Waals surface area contributed by atoms with Gasteiger partial charge in [-0.1, -0.05) is 6.92 Å². The van der Waals surface area contributed by atoms with Crippen molar-refractivity contribution >= 4 is 5.82 Å². The standard InChI is InChI=1S/C13H16FN3/c1-4-11-16-12(13(15)17(11)3)10-6-5-9(14)7-8(10)2/h5-7H,4,15H2,1-3H3. The van der Waals surface area contributed by atoms with E-state index in [9.17, 15) is 4.39 Å². The molecule has 0 atom stereocenters. The summed E-state index contributed by atoms with van der Waals surface area (Å²) in [5, 5.41) is 0. The highest BCUT2D eigenvalue weighted by Gasteiger charge is 2.14. The highest BCUT2D eigenvalue weighted by atomic mass is 19.1. The molecule has 0 radical (unpaired) electrons. The Bertz CT molecular complexity index is 558. The van der Waals surface area contributed by atoms with E-state index in [2.05, 4.69) is 4.98 Å². The van der Waals surface area contributed by atoms with Crippen molar-refractivity contribution in [1.82, 2.24) is 9.55 Å². The lowest BCUT2D eigenvalue weighted by Crippen LogP contribution is -2.00. The van der Waals surface area contributed by atoms with Crippen LogP contribution < -0.4 is 5.73 Å². The van der Waals surface area contributed by atoms with Crippen molar-refractivity contribution in [3.8, 4) is 11.3 Å². The van der Waals surface area contributed by atoms with Crippen molar-refractivity contribution in [1.29, 1.82) is 0 Å². The largest absolute Gasteiger partial charge is 0.383 e. The maximum absolute atomic E-state index is 13.1. The van der Waals surface area contributed by atoms with Crippen molar-refractivity contribution < 1.29 is 4.39 Å². The fraction of sp³-hybridized carbons (Fsp3) is 0.308. The minimum Gasteiger partial charge on any atom is -0.383 e. The monoisotopic (exact) mass is 233 g/mol. The Morgan fingerprint density at radius 2 is 2.12 bits per heavy atom. The van der Waals surface area contributed by atoms with Crippen LogP contribution >= 0.6 is 0 Å². The number of nitrogens with two attached hydrogens (primary N) is 1. The van der Waals surface area contributed by atoms with E-state index in [0.717, 1.165) is 29.1 Å². The zero-order valence-electron chi connectivity index (χ0n) is 10.3. The fourth-order valence-electron chi connectivity index (χ4n) is 1.97. The molecule has 0 aliphatic rings. The van der Waals surface area contributed by atoms with E-state index in [1.807, 2.05) is 25.5 Å². The summed E-state index contributed by atoms with van der Waals surface area (Å²) in [7, 11) is 1.89. The quantitative estimate of drug-likeness (QED) is 0.866. The second-order valence-electron chi connectivity index (χ2n) is 4.13. The molecule has 0 bridgehead atoms. The molecule has 0 spiro atoms. The van der Waals surface area contributed by atoms with Crippen molar-refractivity contribution in [2.75, 3.05) is 5.73 Å². The van der Waals surface area contributed by atoms with Crippen LogP contribution in [0.4, 0.5) is 10.2 Å². The third-order valence-electron chi connectivity index (χ3n) is 2.99. The van der Waals surface area contributed by atoms with Crippen LogP contribution in [0.5, 0.6) is 0 Å². The lowest BCUT2D eigenvalue weighted by atomic mass is 10.1. The number of nitrogen functional groups attached to an aromatic ring is 1. The van der Waals surface area contributed by atoms with E-state index >= 15 is 0 Å². The maximum Gasteiger partial charge on any atom is 0.131 e. The summed E-state index contributed by atoms with van der Waals surface area (Å²) in [5.41, 5.74) is 8.50. The molecule has 0 saturated carbocycles. The Hall–Kier alpha value is -1.84. The molecule has 2 rings (SSSR count). The Morgan fingerprint density at radius 1 is 1.41 bits per heavy atom. The number of aryl methyl sites for hydroxylation is 2. The number of benzene rings is 1. The molecule has 0 aliphatic carbocycles. The van der Waals surface area contributed by atoms with Gasteiger partial charge < -0.3 is 10.3 Å². The first-order valence-corrected chi connectivity index (χ1v) is 5.62. The molecule has 17 heavy (non-hydrogen) atoms. The van der Waals surface area contributed by atoms with Crippen molar-refractivity contribution in [2.45, 2.75) is 20.3 Å². The van der Waals surface area contributed by atoms with Gasteiger partial charge in [-0.2, -0.15) is 0 Å². The molecule has 0 aliphatic heterocycles. The molecular weight excluding hydrogens is 217 g/mol. The Kier molecular flexibility index (Phi) is 2.88. The lowest BCUT2D eigenvalue weighted by Gasteiger charge is -2.04. The van der Waals surface area contributed by atoms with Gasteiger partial charge >= 0.3 is 0 Å². The summed E-state index contributed by atoms with van der Waals surface area (Å²) < 4.78 is 14.9. The maximum atomic E-state index is 13.1. The molecule has 90 valence electrons. The predicted octanol–water partition coefficient (Wildman–Crippen LogP) is 2.68. The third kappa shape index (κ3) is 1.90. The van der Waals surface area contributed by atoms with Gasteiger partial charge in [0.2, 0.25) is 0 Å². The van der Waals surface area contributed by atoms with E-state index in [1.54, 1.807) is 6.07 Å². The summed E-state index contributed by atoms with van der Waals surface area (Å²) in [5.74, 6) is 1.31. The van der Waals surface area contributed by atoms with Crippen LogP contribution in [0.3, 0.4) is 0 Å². The summed E-state index contributed by atoms with van der Waals surface area (Å²) >= 11 is 0. The molecular formula is C13H16FN3. The van der Waals surface area contributed by atoms with Crippen LogP contribution in [0, 0.1) is 12.7 Å². The molecule has 1 aromatic carbocycles. The Labute approximate surface area is 100 Å². The van der Waals surface area contributed by atoms with Crippen LogP contribution in [0.1, 0.15) is 18.3 Å². The second kappa shape index (κ2) is 4.20. The van der Waals surface area contributed by atoms with Crippen LogP contribution in [-0.4, -0.2) is 9.55 Å². The Balaban J connectivity index is 2.60. The Morgan fingerprint density at radius 3 is 2.65 bits per heavy atom. The number of aromatic nitrogens is 2. The number of hydrogen-bond donors (Lipinski definition) is 1. The van der Waals surface area contributed by atoms with Gasteiger partial charge in [0.15, 0.2) is 0 Å². The minimum absolute atomic E-state index is 0.239. The molecule has 1 aromatic heterocycles. The lowest BCUT2D eigenvalue weighted by molar-refractivity contribution is 0.627. The summed E-state index contributed by atoms with van der Waals surface area (Å²) in [4.78, 5) is 4.50. The first kappa shape index (κ1) is 11.6. The first-order valence-electron chi connectivity index (χ1n) is 5.62. The number of rotatable bonds is 2. The second-order valence-corrected chi connectivity index (χ2v) is 4.13. The van der Waals surface area contributed by atoms with Gasteiger partial charge in [0, 0.05) is 19.0 Å². The molecule has 0 fully saturated rings. The van der Waals surface area contributed by atoms with E-state index in [-0.39, 0.29) is 5.82 Å². The molecule has 1 heterocycles. The minimum atomic E-state index is -0.239. The van der Waals surface area contributed by atoms with E-state index in [0.29, 0.717) is 5.82 Å². The molecule has 4 heteroatoms. The van der Waals surface area contributed by atoms with Crippen LogP contribution in [0.15, 0.2) is 18.2 Å². The third-order valence-corrected chi connectivity index (χ3v) is 2.99. The van der Waals surface area contributed by atoms with E-state index in [4.69, 9.17) is 5.73 Å². The number of imidazole rings is 1. The molecule has 2 aromatic rings. The van der Waals surface area contributed by atoms with Gasteiger partial charge in [-0.3, -0.25) is 0 Å². The van der Waals surface area contributed by atoms with Gasteiger partial charge in [0.05, 0.1) is 0 Å². The number of nitrogens with zero attached hydrogens (tertiary/aromatic N) is 2. The van der Waals surface area contributed by atoms with Crippen molar-refractivity contribution in [3.63, 3.8) is 0 Å². The van der Waals surface area contributed by atoms with E-state index in [1.165, 1.54) is 12.1 Å². The van der Waals surface area contributed by atoms with Crippen LogP contribution in [0.25, 0.3) is 11.3 Å². The van der Waals surface area contributed by atoms with Crippen LogP contribution in [-0.2, 0) is 13.5 Å². The van der Waals surface area contributed by atoms with E-state index < -0.39 is 0 Å². The molecule has 0 unspecified atom stereocenters. The number of halogens is 1. The van der Waals surface area contributed by atoms with Gasteiger partial charge in [0.1, 0.15) is 23.2 Å². The smallest absolute Gasteiger partial charge is 0.131 e. The van der Waals surface area contributed by atoms with Gasteiger partial charge in [0.25, 0.3) is 0 Å². The van der Waals surface area contributed by atoms with Crippen LogP contribution in [0.2, 0.25) is 0 Å². The summed E-state index contributed by atoms with van der Waals surface area (Å²) in [6, 6.07) is 4.65. The number of hydrogen-bond acceptors (Lipinski definition) is 2. The molecule has 3 nitrogen and oxygen atoms in total. The zero-order chi connectivity index (χ0) is 12.6. The fourth-order valence-corrected chi connectivity index (χ4v) is 1.97. The molecule has 0 saturated heterocycles. The van der Waals surface area contributed by atoms with Gasteiger partial charge in [-0.25, -0.2) is 9.37 Å². The highest BCUT2D eigenvalue weighted by Crippen LogP contribution is 2.28.